The average molecular weight is 203 g/mol. The van der Waals surface area contributed by atoms with Gasteiger partial charge in [-0.05, 0) is 25.5 Å². The van der Waals surface area contributed by atoms with Crippen LogP contribution in [0.1, 0.15) is 25.1 Å². The van der Waals surface area contributed by atoms with Gasteiger partial charge in [-0.1, -0.05) is 13.8 Å². The first kappa shape index (κ1) is 12.8. The van der Waals surface area contributed by atoms with E-state index in [0.29, 0.717) is 5.56 Å². The lowest BCUT2D eigenvalue weighted by Crippen LogP contribution is -2.03. The number of hydrogen-bond donors (Lipinski definition) is 0. The summed E-state index contributed by atoms with van der Waals surface area (Å²) in [6.07, 6.45) is 1.30. The van der Waals surface area contributed by atoms with E-state index in [2.05, 4.69) is 9.72 Å². The summed E-state index contributed by atoms with van der Waals surface area (Å²) in [4.78, 5) is 3.83. The van der Waals surface area contributed by atoms with Gasteiger partial charge >= 0.3 is 6.61 Å². The SMILES string of the molecule is CC.Cc1cc(C)c(OC(F)F)cn1. The normalized spacial score (nSPS) is 9.36. The number of pyridine rings is 1. The minimum Gasteiger partial charge on any atom is -0.433 e. The zero-order valence-electron chi connectivity index (χ0n) is 8.84. The molecule has 0 aromatic carbocycles. The number of ether oxygens (including phenoxy) is 1. The van der Waals surface area contributed by atoms with E-state index in [1.54, 1.807) is 19.9 Å². The van der Waals surface area contributed by atoms with E-state index in [0.717, 1.165) is 5.69 Å². The molecular weight excluding hydrogens is 188 g/mol. The summed E-state index contributed by atoms with van der Waals surface area (Å²) in [5, 5.41) is 0. The molecule has 1 aromatic rings. The Morgan fingerprint density at radius 1 is 1.29 bits per heavy atom. The molecule has 1 rings (SSSR count). The third-order valence-electron chi connectivity index (χ3n) is 1.42. The van der Waals surface area contributed by atoms with Gasteiger partial charge in [-0.15, -0.1) is 0 Å². The van der Waals surface area contributed by atoms with Gasteiger partial charge in [-0.25, -0.2) is 0 Å². The first-order valence-corrected chi connectivity index (χ1v) is 4.47. The van der Waals surface area contributed by atoms with Crippen LogP contribution >= 0.6 is 0 Å². The molecule has 0 fully saturated rings. The second-order valence-corrected chi connectivity index (χ2v) is 2.47. The summed E-state index contributed by atoms with van der Waals surface area (Å²) < 4.78 is 27.7. The smallest absolute Gasteiger partial charge is 0.387 e. The summed E-state index contributed by atoms with van der Waals surface area (Å²) in [7, 11) is 0. The van der Waals surface area contributed by atoms with E-state index in [-0.39, 0.29) is 5.75 Å². The molecule has 0 unspecified atom stereocenters. The second-order valence-electron chi connectivity index (χ2n) is 2.47. The van der Waals surface area contributed by atoms with Crippen molar-refractivity contribution in [1.29, 1.82) is 0 Å². The van der Waals surface area contributed by atoms with Gasteiger partial charge in [-0.2, -0.15) is 8.78 Å². The lowest BCUT2D eigenvalue weighted by atomic mass is 10.2. The molecule has 0 spiro atoms. The molecule has 4 heteroatoms. The Labute approximate surface area is 82.9 Å². The summed E-state index contributed by atoms with van der Waals surface area (Å²) in [5.41, 5.74) is 1.46. The molecule has 2 nitrogen and oxygen atoms in total. The van der Waals surface area contributed by atoms with Crippen molar-refractivity contribution in [3.05, 3.63) is 23.5 Å². The fourth-order valence-electron chi connectivity index (χ4n) is 0.903. The Balaban J connectivity index is 0.000000791. The standard InChI is InChI=1S/C8H9F2NO.C2H6/c1-5-3-6(2)11-4-7(5)12-8(9)10;1-2/h3-4,8H,1-2H3;1-2H3. The predicted octanol–water partition coefficient (Wildman–Crippen LogP) is 3.33. The number of hydrogen-bond acceptors (Lipinski definition) is 2. The van der Waals surface area contributed by atoms with E-state index in [1.165, 1.54) is 6.20 Å². The molecular formula is C10H15F2NO. The van der Waals surface area contributed by atoms with E-state index < -0.39 is 6.61 Å². The maximum Gasteiger partial charge on any atom is 0.387 e. The van der Waals surface area contributed by atoms with Crippen molar-refractivity contribution in [2.24, 2.45) is 0 Å². The minimum absolute atomic E-state index is 0.135. The molecule has 0 saturated heterocycles. The molecule has 0 bridgehead atoms. The number of rotatable bonds is 2. The van der Waals surface area contributed by atoms with Gasteiger partial charge in [0.1, 0.15) is 5.75 Å². The Bertz CT molecular complexity index is 277. The van der Waals surface area contributed by atoms with Crippen molar-refractivity contribution in [3.8, 4) is 5.75 Å². The molecule has 1 heterocycles. The van der Waals surface area contributed by atoms with Crippen LogP contribution in [0.4, 0.5) is 8.78 Å². The van der Waals surface area contributed by atoms with Crippen LogP contribution in [0, 0.1) is 13.8 Å². The summed E-state index contributed by atoms with van der Waals surface area (Å²) in [6, 6.07) is 1.69. The average Bonchev–Trinajstić information content (AvgIpc) is 2.13. The molecule has 0 amide bonds. The Hall–Kier alpha value is -1.19. The molecule has 1 aromatic heterocycles. The highest BCUT2D eigenvalue weighted by atomic mass is 19.3. The first-order valence-electron chi connectivity index (χ1n) is 4.47. The van der Waals surface area contributed by atoms with Crippen molar-refractivity contribution in [2.75, 3.05) is 0 Å². The highest BCUT2D eigenvalue weighted by Crippen LogP contribution is 2.18. The molecule has 0 atom stereocenters. The van der Waals surface area contributed by atoms with Crippen LogP contribution in [0.15, 0.2) is 12.3 Å². The molecule has 0 aliphatic rings. The van der Waals surface area contributed by atoms with Crippen LogP contribution in [0.2, 0.25) is 0 Å². The molecule has 0 radical (unpaired) electrons. The van der Waals surface area contributed by atoms with Gasteiger partial charge in [0.2, 0.25) is 0 Å². The molecule has 0 aliphatic carbocycles. The maximum atomic E-state index is 11.8. The number of aromatic nitrogens is 1. The van der Waals surface area contributed by atoms with Crippen molar-refractivity contribution in [2.45, 2.75) is 34.3 Å². The Morgan fingerprint density at radius 2 is 1.86 bits per heavy atom. The fraction of sp³-hybridized carbons (Fsp3) is 0.500. The number of nitrogens with zero attached hydrogens (tertiary/aromatic N) is 1. The Kier molecular flexibility index (Phi) is 5.76. The number of aryl methyl sites for hydroxylation is 2. The van der Waals surface area contributed by atoms with Gasteiger partial charge in [0.25, 0.3) is 0 Å². The molecule has 14 heavy (non-hydrogen) atoms. The second kappa shape index (κ2) is 6.29. The molecule has 0 saturated carbocycles. The lowest BCUT2D eigenvalue weighted by molar-refractivity contribution is -0.0505. The van der Waals surface area contributed by atoms with Gasteiger partial charge in [0.05, 0.1) is 6.20 Å². The van der Waals surface area contributed by atoms with Crippen LogP contribution in [0.25, 0.3) is 0 Å². The molecule has 80 valence electrons. The predicted molar refractivity (Wildman–Crippen MR) is 51.7 cm³/mol. The molecule has 0 N–H and O–H groups in total. The van der Waals surface area contributed by atoms with Crippen molar-refractivity contribution >= 4 is 0 Å². The third kappa shape index (κ3) is 4.16. The van der Waals surface area contributed by atoms with Crippen LogP contribution in [0.3, 0.4) is 0 Å². The first-order chi connectivity index (χ1) is 6.59. The van der Waals surface area contributed by atoms with E-state index in [1.807, 2.05) is 13.8 Å². The number of alkyl halides is 2. The zero-order chi connectivity index (χ0) is 11.1. The maximum absolute atomic E-state index is 11.8. The number of halogens is 2. The lowest BCUT2D eigenvalue weighted by Gasteiger charge is -2.06. The molecule has 0 aliphatic heterocycles. The van der Waals surface area contributed by atoms with Gasteiger partial charge in [0, 0.05) is 5.69 Å². The Morgan fingerprint density at radius 3 is 2.29 bits per heavy atom. The van der Waals surface area contributed by atoms with E-state index in [4.69, 9.17) is 0 Å². The highest BCUT2D eigenvalue weighted by Gasteiger charge is 2.06. The quantitative estimate of drug-likeness (QED) is 0.735. The largest absolute Gasteiger partial charge is 0.433 e. The van der Waals surface area contributed by atoms with Gasteiger partial charge < -0.3 is 4.74 Å². The summed E-state index contributed by atoms with van der Waals surface area (Å²) in [5.74, 6) is 0.135. The van der Waals surface area contributed by atoms with Gasteiger partial charge in [-0.3, -0.25) is 4.98 Å². The van der Waals surface area contributed by atoms with E-state index in [9.17, 15) is 8.78 Å². The summed E-state index contributed by atoms with van der Waals surface area (Å²) in [6.45, 7) is 4.71. The summed E-state index contributed by atoms with van der Waals surface area (Å²) >= 11 is 0. The highest BCUT2D eigenvalue weighted by molar-refractivity contribution is 5.30. The van der Waals surface area contributed by atoms with Crippen molar-refractivity contribution in [3.63, 3.8) is 0 Å². The third-order valence-corrected chi connectivity index (χ3v) is 1.42. The van der Waals surface area contributed by atoms with Crippen LogP contribution in [-0.2, 0) is 0 Å². The van der Waals surface area contributed by atoms with Gasteiger partial charge in [0.15, 0.2) is 0 Å². The van der Waals surface area contributed by atoms with Crippen LogP contribution in [-0.4, -0.2) is 11.6 Å². The monoisotopic (exact) mass is 203 g/mol. The van der Waals surface area contributed by atoms with Crippen LogP contribution in [0.5, 0.6) is 5.75 Å². The minimum atomic E-state index is -2.78. The van der Waals surface area contributed by atoms with Crippen molar-refractivity contribution < 1.29 is 13.5 Å². The zero-order valence-corrected chi connectivity index (χ0v) is 8.84. The fourth-order valence-corrected chi connectivity index (χ4v) is 0.903. The van der Waals surface area contributed by atoms with Crippen LogP contribution < -0.4 is 4.74 Å². The van der Waals surface area contributed by atoms with Crippen molar-refractivity contribution in [1.82, 2.24) is 4.98 Å². The van der Waals surface area contributed by atoms with E-state index >= 15 is 0 Å². The topological polar surface area (TPSA) is 22.1 Å².